The molecule has 0 atom stereocenters. The van der Waals surface area contributed by atoms with Crippen LogP contribution in [0.2, 0.25) is 0 Å². The van der Waals surface area contributed by atoms with Gasteiger partial charge in [0.2, 0.25) is 0 Å². The molecule has 0 aliphatic heterocycles. The van der Waals surface area contributed by atoms with E-state index in [1.54, 1.807) is 0 Å². The van der Waals surface area contributed by atoms with Crippen LogP contribution >= 0.6 is 0 Å². The fraction of sp³-hybridized carbons (Fsp3) is 0. The predicted molar refractivity (Wildman–Crippen MR) is 37.5 cm³/mol. The Kier molecular flexibility index (Phi) is 24.4. The van der Waals surface area contributed by atoms with Crippen molar-refractivity contribution >= 4 is 55.5 Å². The van der Waals surface area contributed by atoms with Crippen molar-refractivity contribution in [3.8, 4) is 0 Å². The minimum Gasteiger partial charge on any atom is -0.759 e. The van der Waals surface area contributed by atoms with Crippen LogP contribution in [0.15, 0.2) is 0 Å². The van der Waals surface area contributed by atoms with Crippen molar-refractivity contribution in [3.63, 3.8) is 0 Å². The Hall–Kier alpha value is 0.765. The summed E-state index contributed by atoms with van der Waals surface area (Å²) in [5, 5.41) is 0. The number of rotatable bonds is 0. The van der Waals surface area contributed by atoms with Gasteiger partial charge in [0.1, 0.15) is 0 Å². The second-order valence-corrected chi connectivity index (χ2v) is 2.45. The van der Waals surface area contributed by atoms with Crippen molar-refractivity contribution in [2.45, 2.75) is 0 Å². The topological polar surface area (TPSA) is 196 Å². The molecule has 0 aromatic rings. The first-order valence-electron chi connectivity index (χ1n) is 1.33. The van der Waals surface area contributed by atoms with Gasteiger partial charge < -0.3 is 24.4 Å². The molecule has 0 radical (unpaired) electrons. The van der Waals surface area contributed by atoms with Crippen molar-refractivity contribution in [2.24, 2.45) is 0 Å². The summed E-state index contributed by atoms with van der Waals surface area (Å²) >= 11 is 0. The molecule has 0 bridgehead atoms. The summed E-state index contributed by atoms with van der Waals surface area (Å²) < 4.78 is 68.2. The van der Waals surface area contributed by atoms with E-state index in [-0.39, 0.29) is 40.9 Å². The van der Waals surface area contributed by atoms with E-state index in [0.29, 0.717) is 0 Å². The third-order valence-corrected chi connectivity index (χ3v) is 0. The van der Waals surface area contributed by atoms with Crippen molar-refractivity contribution in [1.29, 1.82) is 0 Å². The Labute approximate surface area is 96.5 Å². The van der Waals surface area contributed by atoms with Gasteiger partial charge in [-0.2, -0.15) is 0 Å². The van der Waals surface area contributed by atoms with E-state index in [0.717, 1.165) is 0 Å². The SMILES string of the molecule is N.O=S(=O)([O-])[O-].O=S(=O)([O-])[O-].[Al+3].[Al+3]. The maximum Gasteiger partial charge on any atom is 3.00 e. The van der Waals surface area contributed by atoms with Crippen LogP contribution in [0.5, 0.6) is 0 Å². The van der Waals surface area contributed by atoms with Crippen molar-refractivity contribution < 1.29 is 35.0 Å². The molecule has 0 heterocycles. The van der Waals surface area contributed by atoms with E-state index in [2.05, 4.69) is 0 Å². The first-order chi connectivity index (χ1) is 4.00. The first-order valence-corrected chi connectivity index (χ1v) is 4.00. The monoisotopic (exact) mass is 263 g/mol. The predicted octanol–water partition coefficient (Wildman–Crippen LogP) is -3.28. The minimum atomic E-state index is -5.17. The van der Waals surface area contributed by atoms with Crippen LogP contribution in [0.1, 0.15) is 0 Å². The molecule has 0 saturated heterocycles. The molecule has 0 fully saturated rings. The molecule has 0 amide bonds. The Morgan fingerprint density at radius 1 is 0.615 bits per heavy atom. The molecular formula is H3Al2NO8S2+2. The van der Waals surface area contributed by atoms with E-state index in [9.17, 15) is 0 Å². The van der Waals surface area contributed by atoms with Crippen molar-refractivity contribution in [3.05, 3.63) is 0 Å². The van der Waals surface area contributed by atoms with E-state index in [1.807, 2.05) is 0 Å². The van der Waals surface area contributed by atoms with Gasteiger partial charge in [-0.3, -0.25) is 16.8 Å². The zero-order valence-corrected chi connectivity index (χ0v) is 9.89. The Morgan fingerprint density at radius 3 is 0.615 bits per heavy atom. The Bertz CT molecular complexity index is 217. The zero-order chi connectivity index (χ0) is 9.00. The van der Waals surface area contributed by atoms with E-state index >= 15 is 0 Å². The smallest absolute Gasteiger partial charge is 0.759 e. The van der Waals surface area contributed by atoms with E-state index < -0.39 is 20.8 Å². The number of hydrogen-bond donors (Lipinski definition) is 1. The van der Waals surface area contributed by atoms with Crippen molar-refractivity contribution in [2.75, 3.05) is 0 Å². The molecule has 0 saturated carbocycles. The Balaban J connectivity index is -0.0000000267. The van der Waals surface area contributed by atoms with Crippen LogP contribution in [-0.4, -0.2) is 69.8 Å². The van der Waals surface area contributed by atoms with Crippen molar-refractivity contribution in [1.82, 2.24) is 6.15 Å². The standard InChI is InChI=1S/2Al.H3N.2H2O4S/c;;;2*1-5(2,3)4/h;;1H3;2*(H2,1,2,3,4)/q2*+3;;;/p-4. The molecule has 72 valence electrons. The molecule has 0 spiro atoms. The summed E-state index contributed by atoms with van der Waals surface area (Å²) in [4.78, 5) is 0. The van der Waals surface area contributed by atoms with Gasteiger partial charge in [-0.15, -0.1) is 0 Å². The molecular weight excluding hydrogens is 260 g/mol. The quantitative estimate of drug-likeness (QED) is 0.264. The van der Waals surface area contributed by atoms with Gasteiger partial charge in [-0.1, -0.05) is 0 Å². The fourth-order valence-corrected chi connectivity index (χ4v) is 0. The summed E-state index contributed by atoms with van der Waals surface area (Å²) in [6.45, 7) is 0. The van der Waals surface area contributed by atoms with E-state index in [4.69, 9.17) is 35.0 Å². The number of hydrogen-bond acceptors (Lipinski definition) is 9. The average Bonchev–Trinajstić information content (AvgIpc) is 1.12. The molecule has 0 aliphatic carbocycles. The molecule has 13 heavy (non-hydrogen) atoms. The fourth-order valence-electron chi connectivity index (χ4n) is 0. The largest absolute Gasteiger partial charge is 3.00 e. The van der Waals surface area contributed by atoms with Crippen LogP contribution in [0.25, 0.3) is 0 Å². The normalized spacial score (nSPS) is 8.92. The Morgan fingerprint density at radius 2 is 0.615 bits per heavy atom. The van der Waals surface area contributed by atoms with Gasteiger partial charge in [0, 0.05) is 20.8 Å². The van der Waals surface area contributed by atoms with E-state index in [1.165, 1.54) is 0 Å². The van der Waals surface area contributed by atoms with Crippen LogP contribution < -0.4 is 6.15 Å². The molecule has 9 nitrogen and oxygen atoms in total. The van der Waals surface area contributed by atoms with Crippen LogP contribution in [0, 0.1) is 0 Å². The molecule has 3 N–H and O–H groups in total. The van der Waals surface area contributed by atoms with Crippen LogP contribution in [0.3, 0.4) is 0 Å². The second kappa shape index (κ2) is 10.8. The van der Waals surface area contributed by atoms with Gasteiger partial charge >= 0.3 is 34.7 Å². The van der Waals surface area contributed by atoms with Crippen LogP contribution in [-0.2, 0) is 20.8 Å². The molecule has 0 rings (SSSR count). The molecule has 0 aromatic carbocycles. The third kappa shape index (κ3) is 2530. The van der Waals surface area contributed by atoms with Gasteiger partial charge in [0.25, 0.3) is 0 Å². The molecule has 0 aromatic heterocycles. The summed E-state index contributed by atoms with van der Waals surface area (Å²) in [6.07, 6.45) is 0. The summed E-state index contributed by atoms with van der Waals surface area (Å²) in [6, 6.07) is 0. The van der Waals surface area contributed by atoms with Gasteiger partial charge in [-0.25, -0.2) is 0 Å². The van der Waals surface area contributed by atoms with Gasteiger partial charge in [0.15, 0.2) is 0 Å². The first kappa shape index (κ1) is 29.2. The summed E-state index contributed by atoms with van der Waals surface area (Å²) in [5.74, 6) is 0. The summed E-state index contributed by atoms with van der Waals surface area (Å²) in [7, 11) is -10.3. The molecule has 0 unspecified atom stereocenters. The summed E-state index contributed by atoms with van der Waals surface area (Å²) in [5.41, 5.74) is 0. The van der Waals surface area contributed by atoms with Gasteiger partial charge in [-0.05, 0) is 0 Å². The maximum absolute atomic E-state index is 8.52. The second-order valence-electron chi connectivity index (χ2n) is 0.816. The third-order valence-electron chi connectivity index (χ3n) is 0. The average molecular weight is 263 g/mol. The van der Waals surface area contributed by atoms with Crippen LogP contribution in [0.4, 0.5) is 0 Å². The maximum atomic E-state index is 8.52. The molecule has 13 heteroatoms. The minimum absolute atomic E-state index is 0. The van der Waals surface area contributed by atoms with Gasteiger partial charge in [0.05, 0.1) is 0 Å². The molecule has 0 aliphatic rings. The zero-order valence-electron chi connectivity index (χ0n) is 5.94.